The van der Waals surface area contributed by atoms with Gasteiger partial charge in [-0.15, -0.1) is 0 Å². The van der Waals surface area contributed by atoms with Gasteiger partial charge in [0.15, 0.2) is 17.5 Å². The number of rotatable bonds is 5. The van der Waals surface area contributed by atoms with Crippen LogP contribution in [-0.2, 0) is 5.41 Å². The fourth-order valence-electron chi connectivity index (χ4n) is 8.81. The lowest BCUT2D eigenvalue weighted by Crippen LogP contribution is -2.41. The van der Waals surface area contributed by atoms with Gasteiger partial charge in [-0.05, 0) is 95.1 Å². The Balaban J connectivity index is 1.08. The predicted molar refractivity (Wildman–Crippen MR) is 229 cm³/mol. The third-order valence-corrected chi connectivity index (χ3v) is 11.2. The molecule has 57 heavy (non-hydrogen) atoms. The van der Waals surface area contributed by atoms with Gasteiger partial charge in [-0.2, -0.15) is 0 Å². The van der Waals surface area contributed by atoms with Crippen LogP contribution < -0.4 is 9.80 Å². The van der Waals surface area contributed by atoms with Gasteiger partial charge in [0.25, 0.3) is 0 Å². The smallest absolute Gasteiger partial charge is 0.165 e. The normalized spacial score (nSPS) is 13.3. The van der Waals surface area contributed by atoms with Crippen LogP contribution in [0.3, 0.4) is 0 Å². The Labute approximate surface area is 331 Å². The molecule has 0 aliphatic carbocycles. The Bertz CT molecular complexity index is 2760. The molecule has 1 spiro atoms. The molecular weight excluding hydrogens is 697 g/mol. The van der Waals surface area contributed by atoms with Crippen LogP contribution in [0.25, 0.3) is 34.2 Å². The quantitative estimate of drug-likeness (QED) is 0.176. The van der Waals surface area contributed by atoms with Crippen LogP contribution in [0.2, 0.25) is 0 Å². The Morgan fingerprint density at radius 3 is 1.14 bits per heavy atom. The Morgan fingerprint density at radius 1 is 0.316 bits per heavy atom. The van der Waals surface area contributed by atoms with Crippen LogP contribution in [0.15, 0.2) is 207 Å². The van der Waals surface area contributed by atoms with Crippen molar-refractivity contribution < 1.29 is 0 Å². The minimum atomic E-state index is -0.580. The Morgan fingerprint density at radius 2 is 0.684 bits per heavy atom. The van der Waals surface area contributed by atoms with Crippen molar-refractivity contribution in [3.8, 4) is 34.2 Å². The topological polar surface area (TPSA) is 58.0 Å². The van der Waals surface area contributed by atoms with E-state index in [0.29, 0.717) is 17.5 Å². The standard InChI is InChI=1S/C51H34N6/c1-3-16-35(17-4-1)48-53-49(55-50(54-48)37-18-15-33-52-34-37)36-29-31-39(32-30-36)57-46-27-13-9-23-42(46)51(43-24-10-14-28-47(43)57)40-21-7-11-25-44(40)56(38-19-5-2-6-20-38)45-26-12-8-22-41(45)51/h1-34H. The SMILES string of the molecule is c1ccc(-c2nc(-c3ccc(N4c5ccccc5C5(c6ccccc6N(c6ccccc6)c6ccccc65)c5ccccc54)cc3)nc(-c3cccnc3)n2)cc1. The maximum Gasteiger partial charge on any atom is 0.165 e. The molecule has 0 saturated heterocycles. The van der Waals surface area contributed by atoms with Gasteiger partial charge in [0.2, 0.25) is 0 Å². The molecule has 0 amide bonds. The highest BCUT2D eigenvalue weighted by atomic mass is 15.2. The van der Waals surface area contributed by atoms with E-state index in [0.717, 1.165) is 39.4 Å². The summed E-state index contributed by atoms with van der Waals surface area (Å²) in [5.41, 5.74) is 13.8. The van der Waals surface area contributed by atoms with Gasteiger partial charge >= 0.3 is 0 Å². The number of fused-ring (bicyclic) bond motifs is 8. The predicted octanol–water partition coefficient (Wildman–Crippen LogP) is 12.2. The highest BCUT2D eigenvalue weighted by Crippen LogP contribution is 2.63. The molecule has 0 saturated carbocycles. The summed E-state index contributed by atoms with van der Waals surface area (Å²) in [6, 6.07) is 68.8. The lowest BCUT2D eigenvalue weighted by molar-refractivity contribution is 0.719. The molecule has 4 heterocycles. The molecule has 9 aromatic rings. The van der Waals surface area contributed by atoms with Crippen molar-refractivity contribution in [2.75, 3.05) is 9.80 Å². The number of hydrogen-bond acceptors (Lipinski definition) is 6. The maximum absolute atomic E-state index is 4.98. The van der Waals surface area contributed by atoms with Crippen molar-refractivity contribution >= 4 is 34.1 Å². The first kappa shape index (κ1) is 32.7. The van der Waals surface area contributed by atoms with Gasteiger partial charge in [0, 0.05) is 40.5 Å². The molecule has 2 aliphatic rings. The molecule has 11 rings (SSSR count). The van der Waals surface area contributed by atoms with Crippen molar-refractivity contribution in [1.82, 2.24) is 19.9 Å². The zero-order chi connectivity index (χ0) is 37.8. The first-order valence-corrected chi connectivity index (χ1v) is 19.1. The average molecular weight is 731 g/mol. The summed E-state index contributed by atoms with van der Waals surface area (Å²) >= 11 is 0. The molecule has 0 fully saturated rings. The summed E-state index contributed by atoms with van der Waals surface area (Å²) in [7, 11) is 0. The molecule has 7 aromatic carbocycles. The molecule has 0 atom stereocenters. The zero-order valence-corrected chi connectivity index (χ0v) is 30.8. The van der Waals surface area contributed by atoms with E-state index in [1.165, 1.54) is 33.6 Å². The number of aromatic nitrogens is 4. The number of nitrogens with zero attached hydrogens (tertiary/aromatic N) is 6. The van der Waals surface area contributed by atoms with Crippen LogP contribution >= 0.6 is 0 Å². The summed E-state index contributed by atoms with van der Waals surface area (Å²) in [6.45, 7) is 0. The maximum atomic E-state index is 4.98. The minimum Gasteiger partial charge on any atom is -0.310 e. The first-order chi connectivity index (χ1) is 28.3. The van der Waals surface area contributed by atoms with E-state index in [9.17, 15) is 0 Å². The molecule has 0 bridgehead atoms. The van der Waals surface area contributed by atoms with E-state index in [1.54, 1.807) is 12.4 Å². The number of benzene rings is 7. The van der Waals surface area contributed by atoms with Crippen molar-refractivity contribution in [2.24, 2.45) is 0 Å². The lowest BCUT2D eigenvalue weighted by Gasteiger charge is -2.51. The summed E-state index contributed by atoms with van der Waals surface area (Å²) in [5.74, 6) is 1.80. The fourth-order valence-corrected chi connectivity index (χ4v) is 8.81. The lowest BCUT2D eigenvalue weighted by atomic mass is 9.60. The van der Waals surface area contributed by atoms with Crippen molar-refractivity contribution in [2.45, 2.75) is 5.41 Å². The molecule has 2 aliphatic heterocycles. The molecule has 0 unspecified atom stereocenters. The van der Waals surface area contributed by atoms with Crippen LogP contribution in [0.1, 0.15) is 22.3 Å². The summed E-state index contributed by atoms with van der Waals surface area (Å²) < 4.78 is 0. The monoisotopic (exact) mass is 730 g/mol. The number of pyridine rings is 1. The van der Waals surface area contributed by atoms with E-state index in [1.807, 2.05) is 42.5 Å². The second-order valence-electron chi connectivity index (χ2n) is 14.3. The summed E-state index contributed by atoms with van der Waals surface area (Å²) in [4.78, 5) is 24.0. The van der Waals surface area contributed by atoms with Crippen LogP contribution in [-0.4, -0.2) is 19.9 Å². The van der Waals surface area contributed by atoms with E-state index < -0.39 is 5.41 Å². The number of para-hydroxylation sites is 5. The highest BCUT2D eigenvalue weighted by Gasteiger charge is 2.51. The summed E-state index contributed by atoms with van der Waals surface area (Å²) in [5, 5.41) is 0. The third-order valence-electron chi connectivity index (χ3n) is 11.2. The van der Waals surface area contributed by atoms with Gasteiger partial charge in [0.1, 0.15) is 0 Å². The van der Waals surface area contributed by atoms with Crippen molar-refractivity contribution in [1.29, 1.82) is 0 Å². The molecule has 6 nitrogen and oxygen atoms in total. The number of anilines is 6. The second-order valence-corrected chi connectivity index (χ2v) is 14.3. The minimum absolute atomic E-state index is 0.580. The molecule has 268 valence electrons. The fraction of sp³-hybridized carbons (Fsp3) is 0.0196. The average Bonchev–Trinajstić information content (AvgIpc) is 3.30. The van der Waals surface area contributed by atoms with Gasteiger partial charge in [-0.1, -0.05) is 121 Å². The third kappa shape index (κ3) is 5.11. The van der Waals surface area contributed by atoms with Crippen molar-refractivity contribution in [3.05, 3.63) is 229 Å². The molecule has 0 radical (unpaired) electrons. The molecule has 2 aromatic heterocycles. The molecular formula is C51H34N6. The molecule has 6 heteroatoms. The van der Waals surface area contributed by atoms with Crippen LogP contribution in [0, 0.1) is 0 Å². The van der Waals surface area contributed by atoms with E-state index in [2.05, 4.69) is 166 Å². The van der Waals surface area contributed by atoms with Gasteiger partial charge in [0.05, 0.1) is 28.2 Å². The highest BCUT2D eigenvalue weighted by molar-refractivity contribution is 5.96. The largest absolute Gasteiger partial charge is 0.310 e. The number of hydrogen-bond donors (Lipinski definition) is 0. The van der Waals surface area contributed by atoms with E-state index >= 15 is 0 Å². The zero-order valence-electron chi connectivity index (χ0n) is 30.8. The van der Waals surface area contributed by atoms with E-state index in [4.69, 9.17) is 15.0 Å². The van der Waals surface area contributed by atoms with E-state index in [-0.39, 0.29) is 0 Å². The van der Waals surface area contributed by atoms with Gasteiger partial charge in [-0.3, -0.25) is 4.98 Å². The van der Waals surface area contributed by atoms with Crippen molar-refractivity contribution in [3.63, 3.8) is 0 Å². The summed E-state index contributed by atoms with van der Waals surface area (Å²) in [6.07, 6.45) is 3.55. The van der Waals surface area contributed by atoms with Crippen LogP contribution in [0.5, 0.6) is 0 Å². The van der Waals surface area contributed by atoms with Crippen LogP contribution in [0.4, 0.5) is 34.1 Å². The first-order valence-electron chi connectivity index (χ1n) is 19.1. The van der Waals surface area contributed by atoms with Gasteiger partial charge < -0.3 is 9.80 Å². The van der Waals surface area contributed by atoms with Gasteiger partial charge in [-0.25, -0.2) is 15.0 Å². The molecule has 0 N–H and O–H groups in total. The Hall–Kier alpha value is -7.70. The Kier molecular flexibility index (Phi) is 7.60. The second kappa shape index (κ2) is 13.3.